The van der Waals surface area contributed by atoms with Crippen molar-refractivity contribution in [3.8, 4) is 23.1 Å². The number of methoxy groups -OCH3 is 1. The zero-order chi connectivity index (χ0) is 25.8. The fourth-order valence-electron chi connectivity index (χ4n) is 3.70. The first-order valence-electron chi connectivity index (χ1n) is 11.2. The lowest BCUT2D eigenvalue weighted by atomic mass is 10.1. The third kappa shape index (κ3) is 5.22. The summed E-state index contributed by atoms with van der Waals surface area (Å²) in [6.45, 7) is 0. The molecule has 5 aromatic rings. The van der Waals surface area contributed by atoms with Crippen molar-refractivity contribution in [2.24, 2.45) is 0 Å². The van der Waals surface area contributed by atoms with Crippen molar-refractivity contribution < 1.29 is 14.6 Å². The fraction of sp³-hybridized carbons (Fsp3) is 0.0741. The van der Waals surface area contributed by atoms with Gasteiger partial charge in [0.05, 0.1) is 35.2 Å². The number of fused-ring (bicyclic) bond motifs is 1. The third-order valence-electron chi connectivity index (χ3n) is 5.53. The smallest absolute Gasteiger partial charge is 0.335 e. The summed E-state index contributed by atoms with van der Waals surface area (Å²) in [5.41, 5.74) is 4.05. The van der Waals surface area contributed by atoms with Gasteiger partial charge in [0.2, 0.25) is 0 Å². The van der Waals surface area contributed by atoms with Gasteiger partial charge >= 0.3 is 5.97 Å². The maximum Gasteiger partial charge on any atom is 0.335 e. The summed E-state index contributed by atoms with van der Waals surface area (Å²) in [6.07, 6.45) is 0. The number of imidazole rings is 1. The highest BCUT2D eigenvalue weighted by atomic mass is 32.2. The number of H-pyrrole nitrogens is 1. The van der Waals surface area contributed by atoms with Crippen molar-refractivity contribution in [1.82, 2.24) is 19.9 Å². The second kappa shape index (κ2) is 10.4. The molecule has 0 saturated heterocycles. The van der Waals surface area contributed by atoms with Crippen molar-refractivity contribution in [3.63, 3.8) is 0 Å². The van der Waals surface area contributed by atoms with Gasteiger partial charge in [-0.2, -0.15) is 5.26 Å². The van der Waals surface area contributed by atoms with Gasteiger partial charge < -0.3 is 20.1 Å². The lowest BCUT2D eigenvalue weighted by Gasteiger charge is -2.13. The van der Waals surface area contributed by atoms with E-state index in [2.05, 4.69) is 26.3 Å². The lowest BCUT2D eigenvalue weighted by Crippen LogP contribution is -2.04. The monoisotopic (exact) mass is 508 g/mol. The number of benzene rings is 3. The molecule has 0 aliphatic rings. The van der Waals surface area contributed by atoms with E-state index in [-0.39, 0.29) is 11.1 Å². The van der Waals surface area contributed by atoms with E-state index in [4.69, 9.17) is 9.72 Å². The number of nitrogens with zero attached hydrogens (tertiary/aromatic N) is 4. The Hall–Kier alpha value is -4.88. The largest absolute Gasteiger partial charge is 0.497 e. The second-order valence-corrected chi connectivity index (χ2v) is 8.86. The van der Waals surface area contributed by atoms with Crippen molar-refractivity contribution >= 4 is 40.3 Å². The minimum absolute atomic E-state index is 0.162. The van der Waals surface area contributed by atoms with E-state index in [1.54, 1.807) is 31.4 Å². The van der Waals surface area contributed by atoms with E-state index in [0.717, 1.165) is 22.4 Å². The summed E-state index contributed by atoms with van der Waals surface area (Å²) in [7, 11) is 1.59. The van der Waals surface area contributed by atoms with Gasteiger partial charge in [-0.1, -0.05) is 23.9 Å². The van der Waals surface area contributed by atoms with Crippen LogP contribution in [0.2, 0.25) is 0 Å². The SMILES string of the molecule is COc1ccc(-c2nc(SCc3nc4ccccc4[nH]3)nc(Nc3ccc(C(=O)O)cc3)c2C#N)cc1. The van der Waals surface area contributed by atoms with Crippen molar-refractivity contribution in [1.29, 1.82) is 5.26 Å². The molecule has 37 heavy (non-hydrogen) atoms. The van der Waals surface area contributed by atoms with Crippen LogP contribution in [0, 0.1) is 11.3 Å². The lowest BCUT2D eigenvalue weighted by molar-refractivity contribution is 0.0697. The molecule has 10 heteroatoms. The summed E-state index contributed by atoms with van der Waals surface area (Å²) in [4.78, 5) is 28.4. The summed E-state index contributed by atoms with van der Waals surface area (Å²) in [5, 5.41) is 22.8. The van der Waals surface area contributed by atoms with Gasteiger partial charge in [0, 0.05) is 11.3 Å². The minimum Gasteiger partial charge on any atom is -0.497 e. The van der Waals surface area contributed by atoms with Crippen LogP contribution in [0.5, 0.6) is 5.75 Å². The van der Waals surface area contributed by atoms with Crippen molar-refractivity contribution in [2.75, 3.05) is 12.4 Å². The summed E-state index contributed by atoms with van der Waals surface area (Å²) in [5.74, 6) is 1.27. The number of aromatic nitrogens is 4. The molecular weight excluding hydrogens is 488 g/mol. The quantitative estimate of drug-likeness (QED) is 0.180. The Bertz CT molecular complexity index is 1590. The average Bonchev–Trinajstić information content (AvgIpc) is 3.35. The van der Waals surface area contributed by atoms with Crippen LogP contribution in [0.1, 0.15) is 21.7 Å². The number of para-hydroxylation sites is 2. The van der Waals surface area contributed by atoms with Crippen LogP contribution in [0.15, 0.2) is 78.0 Å². The normalized spacial score (nSPS) is 10.7. The standard InChI is InChI=1S/C27H20N6O3S/c1-36-19-12-8-16(9-13-19)24-20(14-28)25(29-18-10-6-17(7-11-18)26(34)35)33-27(32-24)37-15-23-30-21-4-2-3-5-22(21)31-23/h2-13H,15H2,1H3,(H,30,31)(H,34,35)(H,29,32,33). The molecule has 0 amide bonds. The molecule has 0 fully saturated rings. The van der Waals surface area contributed by atoms with Crippen molar-refractivity contribution in [3.05, 3.63) is 89.7 Å². The van der Waals surface area contributed by atoms with Gasteiger partial charge in [0.15, 0.2) is 11.0 Å². The zero-order valence-corrected chi connectivity index (χ0v) is 20.4. The number of aromatic carboxylic acids is 1. The molecule has 0 radical (unpaired) electrons. The van der Waals surface area contributed by atoms with Crippen LogP contribution in [0.4, 0.5) is 11.5 Å². The number of carbonyl (C=O) groups is 1. The highest BCUT2D eigenvalue weighted by molar-refractivity contribution is 7.98. The van der Waals surface area contributed by atoms with Gasteiger partial charge in [0.1, 0.15) is 23.2 Å². The Morgan fingerprint density at radius 2 is 1.81 bits per heavy atom. The molecule has 0 spiro atoms. The van der Waals surface area contributed by atoms with Gasteiger partial charge in [0.25, 0.3) is 0 Å². The number of carboxylic acids is 1. The third-order valence-corrected chi connectivity index (χ3v) is 6.39. The van der Waals surface area contributed by atoms with Crippen LogP contribution in [-0.4, -0.2) is 38.1 Å². The first kappa shape index (κ1) is 23.8. The molecule has 3 aromatic carbocycles. The van der Waals surface area contributed by atoms with Gasteiger partial charge in [-0.3, -0.25) is 0 Å². The molecule has 3 N–H and O–H groups in total. The molecule has 0 bridgehead atoms. The molecule has 0 saturated carbocycles. The number of rotatable bonds is 8. The number of anilines is 2. The van der Waals surface area contributed by atoms with Crippen LogP contribution in [-0.2, 0) is 5.75 Å². The number of aromatic amines is 1. The number of carboxylic acid groups (broad SMARTS) is 1. The van der Waals surface area contributed by atoms with Crippen LogP contribution >= 0.6 is 11.8 Å². The molecule has 5 rings (SSSR count). The number of nitriles is 1. The molecule has 0 unspecified atom stereocenters. The highest BCUT2D eigenvalue weighted by Gasteiger charge is 2.18. The average molecular weight is 509 g/mol. The summed E-state index contributed by atoms with van der Waals surface area (Å²) in [6, 6.07) is 23.5. The van der Waals surface area contributed by atoms with E-state index >= 15 is 0 Å². The van der Waals surface area contributed by atoms with Crippen LogP contribution < -0.4 is 10.1 Å². The topological polar surface area (TPSA) is 137 Å². The number of nitrogens with one attached hydrogen (secondary N) is 2. The zero-order valence-electron chi connectivity index (χ0n) is 19.6. The Morgan fingerprint density at radius 3 is 2.49 bits per heavy atom. The number of ether oxygens (including phenoxy) is 1. The summed E-state index contributed by atoms with van der Waals surface area (Å²) < 4.78 is 5.26. The Balaban J connectivity index is 1.52. The number of hydrogen-bond acceptors (Lipinski definition) is 8. The van der Waals surface area contributed by atoms with Gasteiger partial charge in [-0.15, -0.1) is 0 Å². The first-order valence-corrected chi connectivity index (χ1v) is 12.2. The predicted molar refractivity (Wildman–Crippen MR) is 141 cm³/mol. The molecule has 0 aliphatic carbocycles. The molecule has 0 atom stereocenters. The van der Waals surface area contributed by atoms with E-state index < -0.39 is 5.97 Å². The number of thioether (sulfide) groups is 1. The number of hydrogen-bond donors (Lipinski definition) is 3. The maximum absolute atomic E-state index is 11.2. The van der Waals surface area contributed by atoms with E-state index in [0.29, 0.717) is 33.9 Å². The highest BCUT2D eigenvalue weighted by Crippen LogP contribution is 2.32. The fourth-order valence-corrected chi connectivity index (χ4v) is 4.41. The Labute approximate surface area is 216 Å². The Kier molecular flexibility index (Phi) is 6.70. The molecular formula is C27H20N6O3S. The van der Waals surface area contributed by atoms with Gasteiger partial charge in [-0.05, 0) is 60.7 Å². The van der Waals surface area contributed by atoms with Crippen LogP contribution in [0.25, 0.3) is 22.3 Å². The van der Waals surface area contributed by atoms with Gasteiger partial charge in [-0.25, -0.2) is 19.7 Å². The second-order valence-electron chi connectivity index (χ2n) is 7.92. The molecule has 2 heterocycles. The maximum atomic E-state index is 11.2. The predicted octanol–water partition coefficient (Wildman–Crippen LogP) is 5.63. The van der Waals surface area contributed by atoms with Crippen LogP contribution in [0.3, 0.4) is 0 Å². The molecule has 9 nitrogen and oxygen atoms in total. The minimum atomic E-state index is -1.02. The molecule has 0 aliphatic heterocycles. The van der Waals surface area contributed by atoms with E-state index in [1.807, 2.05) is 36.4 Å². The van der Waals surface area contributed by atoms with Crippen molar-refractivity contribution in [2.45, 2.75) is 10.9 Å². The molecule has 182 valence electrons. The summed E-state index contributed by atoms with van der Waals surface area (Å²) >= 11 is 1.39. The Morgan fingerprint density at radius 1 is 1.05 bits per heavy atom. The van der Waals surface area contributed by atoms with E-state index in [1.165, 1.54) is 23.9 Å². The first-order chi connectivity index (χ1) is 18.0. The molecule has 2 aromatic heterocycles. The van der Waals surface area contributed by atoms with E-state index in [9.17, 15) is 15.2 Å².